The highest BCUT2D eigenvalue weighted by Crippen LogP contribution is 2.41. The third-order valence-electron chi connectivity index (χ3n) is 5.11. The first-order valence-corrected chi connectivity index (χ1v) is 7.49. The maximum absolute atomic E-state index is 12.4. The van der Waals surface area contributed by atoms with E-state index in [4.69, 9.17) is 0 Å². The molecule has 1 heterocycles. The molecule has 2 amide bonds. The number of carbonyl (C=O) groups is 2. The molecule has 0 spiro atoms. The molecule has 2 aliphatic carbocycles. The molecule has 3 rings (SSSR count). The van der Waals surface area contributed by atoms with Crippen molar-refractivity contribution < 1.29 is 9.59 Å². The Bertz CT molecular complexity index is 412. The first kappa shape index (κ1) is 12.7. The Morgan fingerprint density at radius 3 is 2.11 bits per heavy atom. The molecule has 4 heteroatoms. The highest BCUT2D eigenvalue weighted by atomic mass is 16.2. The van der Waals surface area contributed by atoms with E-state index >= 15 is 0 Å². The van der Waals surface area contributed by atoms with Gasteiger partial charge in [0, 0.05) is 11.8 Å². The van der Waals surface area contributed by atoms with Crippen molar-refractivity contribution in [3.05, 3.63) is 0 Å². The number of rotatable bonds is 2. The Hall–Kier alpha value is -1.37. The van der Waals surface area contributed by atoms with Gasteiger partial charge in [-0.05, 0) is 38.0 Å². The molecule has 0 aromatic carbocycles. The monoisotopic (exact) mass is 260 g/mol. The van der Waals surface area contributed by atoms with Crippen molar-refractivity contribution in [3.63, 3.8) is 0 Å². The fourth-order valence-corrected chi connectivity index (χ4v) is 4.03. The second-order valence-corrected chi connectivity index (χ2v) is 6.23. The lowest BCUT2D eigenvalue weighted by molar-refractivity contribution is -0.155. The third-order valence-corrected chi connectivity index (χ3v) is 5.11. The zero-order valence-corrected chi connectivity index (χ0v) is 11.2. The van der Waals surface area contributed by atoms with Crippen LogP contribution in [0.4, 0.5) is 0 Å². The van der Waals surface area contributed by atoms with Crippen molar-refractivity contribution in [2.75, 3.05) is 0 Å². The van der Waals surface area contributed by atoms with Crippen LogP contribution in [0.1, 0.15) is 51.4 Å². The van der Waals surface area contributed by atoms with Crippen molar-refractivity contribution in [1.82, 2.24) is 4.90 Å². The minimum absolute atomic E-state index is 0.00198. The summed E-state index contributed by atoms with van der Waals surface area (Å²) in [5, 5.41) is 9.46. The number of amides is 2. The van der Waals surface area contributed by atoms with Crippen LogP contribution in [-0.2, 0) is 9.59 Å². The van der Waals surface area contributed by atoms with E-state index in [2.05, 4.69) is 6.07 Å². The van der Waals surface area contributed by atoms with Crippen LogP contribution in [0.2, 0.25) is 0 Å². The van der Waals surface area contributed by atoms with Crippen LogP contribution in [0.25, 0.3) is 0 Å². The van der Waals surface area contributed by atoms with Crippen LogP contribution in [0.5, 0.6) is 0 Å². The van der Waals surface area contributed by atoms with Gasteiger partial charge in [0.15, 0.2) is 0 Å². The van der Waals surface area contributed by atoms with Gasteiger partial charge in [-0.25, -0.2) is 0 Å². The number of hydrogen-bond acceptors (Lipinski definition) is 3. The predicted octanol–water partition coefficient (Wildman–Crippen LogP) is 2.24. The van der Waals surface area contributed by atoms with Gasteiger partial charge in [-0.15, -0.1) is 0 Å². The van der Waals surface area contributed by atoms with Gasteiger partial charge in [-0.1, -0.05) is 19.3 Å². The molecule has 3 atom stereocenters. The van der Waals surface area contributed by atoms with Gasteiger partial charge in [-0.2, -0.15) is 5.26 Å². The second-order valence-electron chi connectivity index (χ2n) is 6.23. The Morgan fingerprint density at radius 2 is 1.58 bits per heavy atom. The van der Waals surface area contributed by atoms with Crippen molar-refractivity contribution in [2.45, 2.75) is 57.4 Å². The maximum Gasteiger partial charge on any atom is 0.233 e. The van der Waals surface area contributed by atoms with Gasteiger partial charge < -0.3 is 0 Å². The Morgan fingerprint density at radius 1 is 1.00 bits per heavy atom. The summed E-state index contributed by atoms with van der Waals surface area (Å²) < 4.78 is 0. The summed E-state index contributed by atoms with van der Waals surface area (Å²) in [5.41, 5.74) is 0. The fraction of sp³-hybridized carbons (Fsp3) is 0.800. The average Bonchev–Trinajstić information content (AvgIpc) is 2.89. The van der Waals surface area contributed by atoms with Crippen molar-refractivity contribution in [3.8, 4) is 6.07 Å². The molecule has 4 nitrogen and oxygen atoms in total. The van der Waals surface area contributed by atoms with Crippen LogP contribution in [0.15, 0.2) is 0 Å². The van der Waals surface area contributed by atoms with E-state index in [1.165, 1.54) is 11.3 Å². The summed E-state index contributed by atoms with van der Waals surface area (Å²) in [6.45, 7) is 0. The second kappa shape index (κ2) is 4.96. The van der Waals surface area contributed by atoms with Gasteiger partial charge in [0.25, 0.3) is 0 Å². The molecular formula is C15H20N2O2. The SMILES string of the molecule is N#CC(C1CCCCC1)N1C(=O)C2CCC(C2)C1=O. The largest absolute Gasteiger partial charge is 0.274 e. The normalized spacial score (nSPS) is 33.3. The standard InChI is InChI=1S/C15H20N2O2/c16-9-13(10-4-2-1-3-5-10)17-14(18)11-6-7-12(8-11)15(17)19/h10-13H,1-8H2. The average molecular weight is 260 g/mol. The zero-order valence-electron chi connectivity index (χ0n) is 11.2. The van der Waals surface area contributed by atoms with Gasteiger partial charge >= 0.3 is 0 Å². The first-order valence-electron chi connectivity index (χ1n) is 7.49. The molecule has 0 aromatic rings. The van der Waals surface area contributed by atoms with Crippen LogP contribution in [-0.4, -0.2) is 22.8 Å². The first-order chi connectivity index (χ1) is 9.22. The molecule has 3 unspecified atom stereocenters. The molecule has 0 N–H and O–H groups in total. The molecule has 0 aromatic heterocycles. The van der Waals surface area contributed by atoms with E-state index in [-0.39, 0.29) is 29.6 Å². The van der Waals surface area contributed by atoms with E-state index in [1.807, 2.05) is 0 Å². The molecule has 102 valence electrons. The van der Waals surface area contributed by atoms with E-state index in [1.54, 1.807) is 0 Å². The third kappa shape index (κ3) is 2.05. The summed E-state index contributed by atoms with van der Waals surface area (Å²) in [6.07, 6.45) is 7.77. The topological polar surface area (TPSA) is 61.2 Å². The van der Waals surface area contributed by atoms with E-state index in [0.717, 1.165) is 44.9 Å². The minimum Gasteiger partial charge on any atom is -0.274 e. The van der Waals surface area contributed by atoms with Crippen LogP contribution in [0.3, 0.4) is 0 Å². The molecule has 2 saturated carbocycles. The molecule has 3 fully saturated rings. The van der Waals surface area contributed by atoms with Gasteiger partial charge in [0.2, 0.25) is 11.8 Å². The summed E-state index contributed by atoms with van der Waals surface area (Å²) in [5.74, 6) is 0.0557. The van der Waals surface area contributed by atoms with Crippen LogP contribution < -0.4 is 0 Å². The van der Waals surface area contributed by atoms with Gasteiger partial charge in [0.1, 0.15) is 6.04 Å². The number of imide groups is 1. The molecule has 19 heavy (non-hydrogen) atoms. The Balaban J connectivity index is 1.84. The molecule has 1 saturated heterocycles. The van der Waals surface area contributed by atoms with E-state index in [0.29, 0.717) is 0 Å². The highest BCUT2D eigenvalue weighted by Gasteiger charge is 2.49. The summed E-state index contributed by atoms with van der Waals surface area (Å²) in [6, 6.07) is 1.75. The van der Waals surface area contributed by atoms with Crippen molar-refractivity contribution in [2.24, 2.45) is 17.8 Å². The number of carbonyl (C=O) groups excluding carboxylic acids is 2. The highest BCUT2D eigenvalue weighted by molar-refractivity contribution is 6.01. The number of hydrogen-bond donors (Lipinski definition) is 0. The minimum atomic E-state index is -0.510. The summed E-state index contributed by atoms with van der Waals surface area (Å²) in [4.78, 5) is 26.1. The van der Waals surface area contributed by atoms with Crippen molar-refractivity contribution >= 4 is 11.8 Å². The predicted molar refractivity (Wildman–Crippen MR) is 68.7 cm³/mol. The smallest absolute Gasteiger partial charge is 0.233 e. The van der Waals surface area contributed by atoms with Crippen LogP contribution >= 0.6 is 0 Å². The fourth-order valence-electron chi connectivity index (χ4n) is 4.03. The summed E-state index contributed by atoms with van der Waals surface area (Å²) in [7, 11) is 0. The number of fused-ring (bicyclic) bond motifs is 2. The number of nitrogens with zero attached hydrogens (tertiary/aromatic N) is 2. The lowest BCUT2D eigenvalue weighted by Crippen LogP contribution is -2.53. The quantitative estimate of drug-likeness (QED) is 0.715. The number of piperidine rings is 1. The lowest BCUT2D eigenvalue weighted by atomic mass is 9.82. The Labute approximate surface area is 113 Å². The maximum atomic E-state index is 12.4. The van der Waals surface area contributed by atoms with Gasteiger partial charge in [-0.3, -0.25) is 14.5 Å². The molecular weight excluding hydrogens is 240 g/mol. The number of nitriles is 1. The van der Waals surface area contributed by atoms with E-state index < -0.39 is 6.04 Å². The molecule has 3 aliphatic rings. The molecule has 0 radical (unpaired) electrons. The van der Waals surface area contributed by atoms with Crippen molar-refractivity contribution in [1.29, 1.82) is 5.26 Å². The molecule has 2 bridgehead atoms. The Kier molecular flexibility index (Phi) is 3.30. The van der Waals surface area contributed by atoms with Crippen LogP contribution in [0, 0.1) is 29.1 Å². The zero-order chi connectivity index (χ0) is 13.4. The van der Waals surface area contributed by atoms with Gasteiger partial charge in [0.05, 0.1) is 6.07 Å². The lowest BCUT2D eigenvalue weighted by Gasteiger charge is -2.37. The summed E-state index contributed by atoms with van der Waals surface area (Å²) >= 11 is 0. The number of likely N-dealkylation sites (tertiary alicyclic amines) is 1. The van der Waals surface area contributed by atoms with E-state index in [9.17, 15) is 14.9 Å². The molecule has 1 aliphatic heterocycles.